The number of aliphatic hydroxyl groups excluding tert-OH is 1. The van der Waals surface area contributed by atoms with Crippen LogP contribution >= 0.6 is 0 Å². The van der Waals surface area contributed by atoms with Gasteiger partial charge in [0.1, 0.15) is 11.6 Å². The molecule has 3 nitrogen and oxygen atoms in total. The van der Waals surface area contributed by atoms with Gasteiger partial charge in [-0.05, 0) is 48.4 Å². The summed E-state index contributed by atoms with van der Waals surface area (Å²) in [5, 5.41) is 9.03. The van der Waals surface area contributed by atoms with Gasteiger partial charge in [0.25, 0.3) is 0 Å². The summed E-state index contributed by atoms with van der Waals surface area (Å²) in [5.41, 5.74) is 1.30. The topological polar surface area (TPSA) is 46.5 Å². The Bertz CT molecular complexity index is 593. The lowest BCUT2D eigenvalue weighted by Crippen LogP contribution is -2.04. The Morgan fingerprint density at radius 2 is 1.90 bits per heavy atom. The second-order valence-corrected chi connectivity index (χ2v) is 4.69. The Balaban J connectivity index is 1.76. The molecule has 0 saturated heterocycles. The minimum Gasteiger partial charge on any atom is -0.494 e. The van der Waals surface area contributed by atoms with Crippen LogP contribution in [0.5, 0.6) is 5.75 Å². The molecule has 2 aromatic carbocycles. The molecule has 0 aliphatic heterocycles. The molecule has 0 amide bonds. The molecular formula is C17H17FO3. The van der Waals surface area contributed by atoms with Gasteiger partial charge in [-0.2, -0.15) is 0 Å². The number of aliphatic hydroxyl groups is 1. The molecule has 0 saturated carbocycles. The van der Waals surface area contributed by atoms with Gasteiger partial charge < -0.3 is 9.84 Å². The SMILES string of the molecule is O=C(CCCOc1cccc(CO)c1)c1ccc(F)cc1. The third kappa shape index (κ3) is 4.68. The molecule has 21 heavy (non-hydrogen) atoms. The van der Waals surface area contributed by atoms with Crippen molar-refractivity contribution < 1.29 is 19.0 Å². The van der Waals surface area contributed by atoms with Gasteiger partial charge in [-0.1, -0.05) is 12.1 Å². The summed E-state index contributed by atoms with van der Waals surface area (Å²) >= 11 is 0. The van der Waals surface area contributed by atoms with Crippen LogP contribution in [0.15, 0.2) is 48.5 Å². The summed E-state index contributed by atoms with van der Waals surface area (Å²) in [4.78, 5) is 11.9. The van der Waals surface area contributed by atoms with Crippen molar-refractivity contribution in [3.05, 3.63) is 65.5 Å². The fraction of sp³-hybridized carbons (Fsp3) is 0.235. The maximum Gasteiger partial charge on any atom is 0.163 e. The fourth-order valence-electron chi connectivity index (χ4n) is 1.94. The molecule has 0 bridgehead atoms. The first-order valence-electron chi connectivity index (χ1n) is 6.80. The van der Waals surface area contributed by atoms with Crippen molar-refractivity contribution in [3.63, 3.8) is 0 Å². The van der Waals surface area contributed by atoms with E-state index < -0.39 is 0 Å². The van der Waals surface area contributed by atoms with E-state index in [1.54, 1.807) is 12.1 Å². The molecule has 0 atom stereocenters. The monoisotopic (exact) mass is 288 g/mol. The number of carbonyl (C=O) groups excluding carboxylic acids is 1. The lowest BCUT2D eigenvalue weighted by atomic mass is 10.1. The van der Waals surface area contributed by atoms with Gasteiger partial charge in [0.05, 0.1) is 13.2 Å². The third-order valence-electron chi connectivity index (χ3n) is 3.06. The number of ketones is 1. The first-order valence-corrected chi connectivity index (χ1v) is 6.80. The van der Waals surface area contributed by atoms with E-state index in [-0.39, 0.29) is 18.2 Å². The number of carbonyl (C=O) groups is 1. The van der Waals surface area contributed by atoms with Crippen LogP contribution in [0.1, 0.15) is 28.8 Å². The number of rotatable bonds is 7. The molecule has 110 valence electrons. The van der Waals surface area contributed by atoms with Gasteiger partial charge in [-0.3, -0.25) is 4.79 Å². The smallest absolute Gasteiger partial charge is 0.163 e. The lowest BCUT2D eigenvalue weighted by Gasteiger charge is -2.07. The van der Waals surface area contributed by atoms with E-state index in [1.165, 1.54) is 24.3 Å². The summed E-state index contributed by atoms with van der Waals surface area (Å²) in [6.07, 6.45) is 0.935. The number of hydrogen-bond acceptors (Lipinski definition) is 3. The van der Waals surface area contributed by atoms with Crippen molar-refractivity contribution in [2.75, 3.05) is 6.61 Å². The quantitative estimate of drug-likeness (QED) is 0.627. The van der Waals surface area contributed by atoms with Crippen molar-refractivity contribution >= 4 is 5.78 Å². The van der Waals surface area contributed by atoms with Crippen molar-refractivity contribution in [3.8, 4) is 5.75 Å². The van der Waals surface area contributed by atoms with E-state index in [2.05, 4.69) is 0 Å². The summed E-state index contributed by atoms with van der Waals surface area (Å²) < 4.78 is 18.3. The van der Waals surface area contributed by atoms with E-state index in [9.17, 15) is 9.18 Å². The molecule has 1 N–H and O–H groups in total. The molecule has 0 aliphatic carbocycles. The first-order chi connectivity index (χ1) is 10.2. The number of Topliss-reactive ketones (excluding diaryl/α,β-unsaturated/α-hetero) is 1. The largest absolute Gasteiger partial charge is 0.494 e. The van der Waals surface area contributed by atoms with Crippen LogP contribution in [0.4, 0.5) is 4.39 Å². The number of benzene rings is 2. The van der Waals surface area contributed by atoms with Gasteiger partial charge >= 0.3 is 0 Å². The van der Waals surface area contributed by atoms with Crippen LogP contribution < -0.4 is 4.74 Å². The second-order valence-electron chi connectivity index (χ2n) is 4.69. The first kappa shape index (κ1) is 15.2. The van der Waals surface area contributed by atoms with Crippen LogP contribution in [0.2, 0.25) is 0 Å². The zero-order chi connectivity index (χ0) is 15.1. The molecule has 2 rings (SSSR count). The minimum absolute atomic E-state index is 0.0253. The number of halogens is 1. The highest BCUT2D eigenvalue weighted by Crippen LogP contribution is 2.14. The van der Waals surface area contributed by atoms with Crippen LogP contribution in [-0.4, -0.2) is 17.5 Å². The highest BCUT2D eigenvalue weighted by atomic mass is 19.1. The van der Waals surface area contributed by atoms with Crippen molar-refractivity contribution in [1.82, 2.24) is 0 Å². The lowest BCUT2D eigenvalue weighted by molar-refractivity contribution is 0.0973. The molecule has 0 spiro atoms. The molecule has 0 fully saturated rings. The van der Waals surface area contributed by atoms with Gasteiger partial charge in [0.15, 0.2) is 5.78 Å². The van der Waals surface area contributed by atoms with Crippen LogP contribution in [0.3, 0.4) is 0 Å². The molecular weight excluding hydrogens is 271 g/mol. The predicted molar refractivity (Wildman–Crippen MR) is 77.8 cm³/mol. The summed E-state index contributed by atoms with van der Waals surface area (Å²) in [6, 6.07) is 12.7. The Morgan fingerprint density at radius 3 is 2.62 bits per heavy atom. The van der Waals surface area contributed by atoms with E-state index in [0.29, 0.717) is 30.8 Å². The van der Waals surface area contributed by atoms with Crippen LogP contribution in [0, 0.1) is 5.82 Å². The predicted octanol–water partition coefficient (Wildman–Crippen LogP) is 3.36. The van der Waals surface area contributed by atoms with Crippen LogP contribution in [0.25, 0.3) is 0 Å². The zero-order valence-corrected chi connectivity index (χ0v) is 11.6. The standard InChI is InChI=1S/C17H17FO3/c18-15-8-6-14(7-9-15)17(20)5-2-10-21-16-4-1-3-13(11-16)12-19/h1,3-4,6-9,11,19H,2,5,10,12H2. The fourth-order valence-corrected chi connectivity index (χ4v) is 1.94. The summed E-state index contributed by atoms with van der Waals surface area (Å²) in [7, 11) is 0. The second kappa shape index (κ2) is 7.55. The highest BCUT2D eigenvalue weighted by Gasteiger charge is 2.06. The highest BCUT2D eigenvalue weighted by molar-refractivity contribution is 5.95. The third-order valence-corrected chi connectivity index (χ3v) is 3.06. The summed E-state index contributed by atoms with van der Waals surface area (Å²) in [5.74, 6) is 0.303. The Labute approximate surface area is 123 Å². The minimum atomic E-state index is -0.348. The maximum absolute atomic E-state index is 12.8. The van der Waals surface area contributed by atoms with Crippen LogP contribution in [-0.2, 0) is 6.61 Å². The number of ether oxygens (including phenoxy) is 1. The molecule has 0 heterocycles. The molecule has 0 aromatic heterocycles. The van der Waals surface area contributed by atoms with Crippen molar-refractivity contribution in [2.24, 2.45) is 0 Å². The van der Waals surface area contributed by atoms with Gasteiger partial charge in [-0.15, -0.1) is 0 Å². The molecule has 4 heteroatoms. The van der Waals surface area contributed by atoms with E-state index in [1.807, 2.05) is 12.1 Å². The van der Waals surface area contributed by atoms with E-state index in [0.717, 1.165) is 5.56 Å². The molecule has 2 aromatic rings. The average molecular weight is 288 g/mol. The van der Waals surface area contributed by atoms with Gasteiger partial charge in [0.2, 0.25) is 0 Å². The Morgan fingerprint density at radius 1 is 1.14 bits per heavy atom. The molecule has 0 unspecified atom stereocenters. The maximum atomic E-state index is 12.8. The average Bonchev–Trinajstić information content (AvgIpc) is 2.52. The van der Waals surface area contributed by atoms with E-state index >= 15 is 0 Å². The van der Waals surface area contributed by atoms with Crippen molar-refractivity contribution in [1.29, 1.82) is 0 Å². The molecule has 0 aliphatic rings. The molecule has 0 radical (unpaired) electrons. The van der Waals surface area contributed by atoms with Gasteiger partial charge in [0, 0.05) is 12.0 Å². The van der Waals surface area contributed by atoms with Crippen molar-refractivity contribution in [2.45, 2.75) is 19.4 Å². The summed E-state index contributed by atoms with van der Waals surface area (Å²) in [6.45, 7) is 0.391. The normalized spacial score (nSPS) is 10.4. The zero-order valence-electron chi connectivity index (χ0n) is 11.6. The Hall–Kier alpha value is -2.20. The Kier molecular flexibility index (Phi) is 5.46. The van der Waals surface area contributed by atoms with E-state index in [4.69, 9.17) is 9.84 Å². The number of hydrogen-bond donors (Lipinski definition) is 1. The van der Waals surface area contributed by atoms with Gasteiger partial charge in [-0.25, -0.2) is 4.39 Å².